The molecule has 4 nitrogen and oxygen atoms in total. The lowest BCUT2D eigenvalue weighted by molar-refractivity contribution is 0.619. The van der Waals surface area contributed by atoms with Crippen molar-refractivity contribution in [2.45, 2.75) is 13.8 Å². The summed E-state index contributed by atoms with van der Waals surface area (Å²) in [6.07, 6.45) is 1.70. The van der Waals surface area contributed by atoms with Gasteiger partial charge in [0.1, 0.15) is 0 Å². The van der Waals surface area contributed by atoms with Gasteiger partial charge in [-0.15, -0.1) is 11.3 Å². The van der Waals surface area contributed by atoms with E-state index in [0.717, 1.165) is 16.1 Å². The molecule has 0 amide bonds. The van der Waals surface area contributed by atoms with Crippen molar-refractivity contribution in [3.63, 3.8) is 0 Å². The quantitative estimate of drug-likeness (QED) is 0.715. The Balaban J connectivity index is 2.27. The van der Waals surface area contributed by atoms with E-state index >= 15 is 0 Å². The summed E-state index contributed by atoms with van der Waals surface area (Å²) in [5.41, 5.74) is 9.31. The molecule has 86 valence electrons. The highest BCUT2D eigenvalue weighted by atomic mass is 32.1. The first-order valence-electron chi connectivity index (χ1n) is 5.24. The van der Waals surface area contributed by atoms with Gasteiger partial charge in [-0.1, -0.05) is 0 Å². The van der Waals surface area contributed by atoms with Gasteiger partial charge < -0.3 is 10.2 Å². The largest absolute Gasteiger partial charge is 0.434 e. The normalized spacial score (nSPS) is 11.2. The fourth-order valence-corrected chi connectivity index (χ4v) is 2.72. The van der Waals surface area contributed by atoms with Crippen molar-refractivity contribution < 1.29 is 4.42 Å². The van der Waals surface area contributed by atoms with Gasteiger partial charge in [0.25, 0.3) is 0 Å². The van der Waals surface area contributed by atoms with E-state index in [4.69, 9.17) is 10.2 Å². The van der Waals surface area contributed by atoms with Gasteiger partial charge in [-0.25, -0.2) is 4.98 Å². The zero-order valence-electron chi connectivity index (χ0n) is 9.52. The third-order valence-electron chi connectivity index (χ3n) is 2.79. The highest BCUT2D eigenvalue weighted by molar-refractivity contribution is 7.16. The molecule has 0 aliphatic rings. The molecule has 0 unspecified atom stereocenters. The van der Waals surface area contributed by atoms with Gasteiger partial charge in [-0.05, 0) is 31.5 Å². The Labute approximate surface area is 102 Å². The second-order valence-electron chi connectivity index (χ2n) is 3.87. The Morgan fingerprint density at radius 1 is 1.35 bits per heavy atom. The molecule has 0 radical (unpaired) electrons. The number of nitrogens with two attached hydrogens (primary N) is 1. The molecule has 0 aliphatic heterocycles. The summed E-state index contributed by atoms with van der Waals surface area (Å²) in [5.74, 6) is 0.554. The predicted octanol–water partition coefficient (Wildman–Crippen LogP) is 3.15. The summed E-state index contributed by atoms with van der Waals surface area (Å²) in [5, 5.41) is 0.742. The molecule has 0 saturated heterocycles. The number of oxazole rings is 1. The SMILES string of the molecule is Cc1sc(N)c(-c2nc3ncccc3o2)c1C. The maximum atomic E-state index is 5.99. The van der Waals surface area contributed by atoms with Crippen LogP contribution < -0.4 is 5.73 Å². The molecule has 3 aromatic heterocycles. The Morgan fingerprint density at radius 2 is 2.18 bits per heavy atom. The van der Waals surface area contributed by atoms with Crippen LogP contribution in [-0.2, 0) is 0 Å². The van der Waals surface area contributed by atoms with E-state index in [1.807, 2.05) is 26.0 Å². The second kappa shape index (κ2) is 3.56. The number of fused-ring (bicyclic) bond motifs is 1. The number of aromatic nitrogens is 2. The monoisotopic (exact) mass is 245 g/mol. The molecular formula is C12H11N3OS. The Bertz CT molecular complexity index is 666. The minimum atomic E-state index is 0.554. The van der Waals surface area contributed by atoms with Crippen molar-refractivity contribution in [1.29, 1.82) is 0 Å². The van der Waals surface area contributed by atoms with Gasteiger partial charge in [0.2, 0.25) is 5.89 Å². The van der Waals surface area contributed by atoms with Crippen molar-refractivity contribution >= 4 is 27.6 Å². The van der Waals surface area contributed by atoms with E-state index in [0.29, 0.717) is 17.1 Å². The number of thiophene rings is 1. The van der Waals surface area contributed by atoms with Crippen LogP contribution in [0, 0.1) is 13.8 Å². The standard InChI is InChI=1S/C12H11N3OS/c1-6-7(2)17-10(13)9(6)12-15-11-8(16-12)4-3-5-14-11/h3-5H,13H2,1-2H3. The molecule has 5 heteroatoms. The van der Waals surface area contributed by atoms with Gasteiger partial charge in [0.05, 0.1) is 10.6 Å². The van der Waals surface area contributed by atoms with Crippen LogP contribution in [0.1, 0.15) is 10.4 Å². The van der Waals surface area contributed by atoms with Gasteiger partial charge in [-0.3, -0.25) is 0 Å². The summed E-state index contributed by atoms with van der Waals surface area (Å²) >= 11 is 1.56. The first-order chi connectivity index (χ1) is 8.16. The van der Waals surface area contributed by atoms with Crippen LogP contribution >= 0.6 is 11.3 Å². The van der Waals surface area contributed by atoms with Crippen LogP contribution in [0.25, 0.3) is 22.7 Å². The van der Waals surface area contributed by atoms with E-state index in [1.165, 1.54) is 4.88 Å². The molecule has 0 aliphatic carbocycles. The summed E-state index contributed by atoms with van der Waals surface area (Å²) in [6.45, 7) is 4.07. The van der Waals surface area contributed by atoms with Crippen molar-refractivity contribution in [3.05, 3.63) is 28.8 Å². The zero-order valence-corrected chi connectivity index (χ0v) is 10.3. The predicted molar refractivity (Wildman–Crippen MR) is 69.0 cm³/mol. The van der Waals surface area contributed by atoms with Gasteiger partial charge in [-0.2, -0.15) is 4.98 Å². The number of aryl methyl sites for hydroxylation is 1. The van der Waals surface area contributed by atoms with E-state index in [9.17, 15) is 0 Å². The van der Waals surface area contributed by atoms with Crippen LogP contribution in [0.5, 0.6) is 0 Å². The lowest BCUT2D eigenvalue weighted by atomic mass is 10.1. The summed E-state index contributed by atoms with van der Waals surface area (Å²) in [6, 6.07) is 3.68. The minimum Gasteiger partial charge on any atom is -0.434 e. The average Bonchev–Trinajstić information content (AvgIpc) is 2.81. The van der Waals surface area contributed by atoms with E-state index in [1.54, 1.807) is 17.5 Å². The van der Waals surface area contributed by atoms with Crippen LogP contribution in [0.3, 0.4) is 0 Å². The van der Waals surface area contributed by atoms with Crippen molar-refractivity contribution in [2.75, 3.05) is 5.73 Å². The number of nitrogen functional groups attached to an aromatic ring is 1. The Morgan fingerprint density at radius 3 is 2.82 bits per heavy atom. The van der Waals surface area contributed by atoms with E-state index in [-0.39, 0.29) is 0 Å². The third-order valence-corrected chi connectivity index (χ3v) is 3.83. The molecular weight excluding hydrogens is 234 g/mol. The molecule has 3 heterocycles. The average molecular weight is 245 g/mol. The number of anilines is 1. The summed E-state index contributed by atoms with van der Waals surface area (Å²) < 4.78 is 5.68. The summed E-state index contributed by atoms with van der Waals surface area (Å²) in [4.78, 5) is 9.71. The molecule has 3 aromatic rings. The number of hydrogen-bond acceptors (Lipinski definition) is 5. The zero-order chi connectivity index (χ0) is 12.0. The molecule has 3 rings (SSSR count). The number of nitrogens with zero attached hydrogens (tertiary/aromatic N) is 2. The molecule has 0 spiro atoms. The minimum absolute atomic E-state index is 0.554. The number of hydrogen-bond donors (Lipinski definition) is 1. The number of pyridine rings is 1. The van der Waals surface area contributed by atoms with Crippen molar-refractivity contribution in [2.24, 2.45) is 0 Å². The lowest BCUT2D eigenvalue weighted by Crippen LogP contribution is -1.86. The molecule has 2 N–H and O–H groups in total. The summed E-state index contributed by atoms with van der Waals surface area (Å²) in [7, 11) is 0. The second-order valence-corrected chi connectivity index (χ2v) is 5.12. The topological polar surface area (TPSA) is 64.9 Å². The Kier molecular flexibility index (Phi) is 2.16. The molecule has 0 atom stereocenters. The Hall–Kier alpha value is -1.88. The smallest absolute Gasteiger partial charge is 0.232 e. The van der Waals surface area contributed by atoms with E-state index < -0.39 is 0 Å². The highest BCUT2D eigenvalue weighted by Crippen LogP contribution is 2.38. The highest BCUT2D eigenvalue weighted by Gasteiger charge is 2.17. The first-order valence-corrected chi connectivity index (χ1v) is 6.06. The molecule has 17 heavy (non-hydrogen) atoms. The molecule has 0 aromatic carbocycles. The van der Waals surface area contributed by atoms with Crippen molar-refractivity contribution in [1.82, 2.24) is 9.97 Å². The fraction of sp³-hybridized carbons (Fsp3) is 0.167. The number of rotatable bonds is 1. The molecule has 0 saturated carbocycles. The maximum Gasteiger partial charge on any atom is 0.232 e. The van der Waals surface area contributed by atoms with Crippen LogP contribution in [0.4, 0.5) is 5.00 Å². The molecule has 0 fully saturated rings. The first kappa shape index (κ1) is 10.3. The van der Waals surface area contributed by atoms with E-state index in [2.05, 4.69) is 9.97 Å². The maximum absolute atomic E-state index is 5.99. The fourth-order valence-electron chi connectivity index (χ4n) is 1.80. The van der Waals surface area contributed by atoms with Crippen LogP contribution in [-0.4, -0.2) is 9.97 Å². The van der Waals surface area contributed by atoms with Crippen LogP contribution in [0.15, 0.2) is 22.7 Å². The van der Waals surface area contributed by atoms with Crippen LogP contribution in [0.2, 0.25) is 0 Å². The van der Waals surface area contributed by atoms with Gasteiger partial charge in [0.15, 0.2) is 11.2 Å². The van der Waals surface area contributed by atoms with Crippen molar-refractivity contribution in [3.8, 4) is 11.5 Å². The van der Waals surface area contributed by atoms with Gasteiger partial charge in [0, 0.05) is 11.1 Å². The third kappa shape index (κ3) is 1.51. The lowest BCUT2D eigenvalue weighted by Gasteiger charge is -1.95. The molecule has 0 bridgehead atoms. The van der Waals surface area contributed by atoms with Gasteiger partial charge >= 0.3 is 0 Å².